The Kier molecular flexibility index (Phi) is 3.41. The van der Waals surface area contributed by atoms with Crippen molar-refractivity contribution < 1.29 is 4.79 Å². The summed E-state index contributed by atoms with van der Waals surface area (Å²) in [5, 5.41) is 5.25. The molecule has 0 aliphatic rings. The van der Waals surface area contributed by atoms with Gasteiger partial charge in [0.25, 0.3) is 5.91 Å². The lowest BCUT2D eigenvalue weighted by Crippen LogP contribution is -2.10. The molecule has 0 saturated heterocycles. The molecule has 0 fully saturated rings. The van der Waals surface area contributed by atoms with Crippen LogP contribution in [-0.4, -0.2) is 10.9 Å². The normalized spacial score (nSPS) is 10.4. The van der Waals surface area contributed by atoms with Crippen LogP contribution in [0.1, 0.15) is 20.9 Å². The number of rotatable bonds is 2. The molecule has 0 atom stereocenters. The molecule has 1 N–H and O–H groups in total. The summed E-state index contributed by atoms with van der Waals surface area (Å²) in [6, 6.07) is 1.80. The monoisotopic (exact) mass is 316 g/mol. The number of carbonyl (C=O) groups excluding carboxylic acids is 1. The minimum atomic E-state index is -0.115. The minimum absolute atomic E-state index is 0.115. The largest absolute Gasteiger partial charge is 0.298 e. The van der Waals surface area contributed by atoms with Crippen molar-refractivity contribution >= 4 is 49.6 Å². The van der Waals surface area contributed by atoms with E-state index in [0.29, 0.717) is 10.7 Å². The summed E-state index contributed by atoms with van der Waals surface area (Å²) in [6.07, 6.45) is 0. The van der Waals surface area contributed by atoms with Crippen molar-refractivity contribution in [2.45, 2.75) is 13.8 Å². The molecule has 84 valence electrons. The maximum Gasteiger partial charge on any atom is 0.258 e. The van der Waals surface area contributed by atoms with Crippen LogP contribution in [0, 0.1) is 13.8 Å². The summed E-state index contributed by atoms with van der Waals surface area (Å²) in [5.74, 6) is -0.115. The molecule has 2 heterocycles. The van der Waals surface area contributed by atoms with E-state index in [1.807, 2.05) is 19.2 Å². The SMILES string of the molecule is Cc1nc(NC(=O)c2csc(Br)c2)sc1C. The first-order valence-electron chi connectivity index (χ1n) is 4.55. The van der Waals surface area contributed by atoms with Gasteiger partial charge in [0.1, 0.15) is 0 Å². The highest BCUT2D eigenvalue weighted by molar-refractivity contribution is 9.11. The van der Waals surface area contributed by atoms with Crippen molar-refractivity contribution in [3.8, 4) is 0 Å². The molecular weight excluding hydrogens is 308 g/mol. The van der Waals surface area contributed by atoms with Crippen LogP contribution < -0.4 is 5.32 Å². The van der Waals surface area contributed by atoms with Crippen molar-refractivity contribution in [3.05, 3.63) is 31.4 Å². The Morgan fingerprint density at radius 2 is 2.25 bits per heavy atom. The molecule has 0 aliphatic heterocycles. The summed E-state index contributed by atoms with van der Waals surface area (Å²) in [4.78, 5) is 17.2. The molecule has 0 saturated carbocycles. The highest BCUT2D eigenvalue weighted by atomic mass is 79.9. The number of amides is 1. The van der Waals surface area contributed by atoms with Crippen molar-refractivity contribution in [2.24, 2.45) is 0 Å². The third-order valence-corrected chi connectivity index (χ3v) is 4.57. The number of anilines is 1. The second-order valence-corrected chi connectivity index (χ2v) is 6.75. The van der Waals surface area contributed by atoms with Gasteiger partial charge in [-0.3, -0.25) is 10.1 Å². The van der Waals surface area contributed by atoms with Crippen molar-refractivity contribution in [1.82, 2.24) is 4.98 Å². The summed E-state index contributed by atoms with van der Waals surface area (Å²) < 4.78 is 0.948. The highest BCUT2D eigenvalue weighted by Crippen LogP contribution is 2.24. The van der Waals surface area contributed by atoms with Crippen LogP contribution in [0.15, 0.2) is 15.2 Å². The summed E-state index contributed by atoms with van der Waals surface area (Å²) >= 11 is 6.31. The van der Waals surface area contributed by atoms with E-state index < -0.39 is 0 Å². The fourth-order valence-corrected chi connectivity index (χ4v) is 3.07. The van der Waals surface area contributed by atoms with Gasteiger partial charge in [-0.1, -0.05) is 0 Å². The van der Waals surface area contributed by atoms with E-state index in [1.54, 1.807) is 6.07 Å². The highest BCUT2D eigenvalue weighted by Gasteiger charge is 2.11. The molecule has 0 unspecified atom stereocenters. The van der Waals surface area contributed by atoms with Gasteiger partial charge in [0.2, 0.25) is 0 Å². The second-order valence-electron chi connectivity index (χ2n) is 3.25. The van der Waals surface area contributed by atoms with Gasteiger partial charge in [-0.05, 0) is 35.8 Å². The van der Waals surface area contributed by atoms with Gasteiger partial charge >= 0.3 is 0 Å². The summed E-state index contributed by atoms with van der Waals surface area (Å²) in [7, 11) is 0. The molecule has 2 rings (SSSR count). The molecule has 3 nitrogen and oxygen atoms in total. The number of hydrogen-bond acceptors (Lipinski definition) is 4. The third-order valence-electron chi connectivity index (χ3n) is 2.08. The Bertz CT molecular complexity index is 513. The van der Waals surface area contributed by atoms with E-state index >= 15 is 0 Å². The Morgan fingerprint density at radius 3 is 2.75 bits per heavy atom. The average molecular weight is 317 g/mol. The van der Waals surface area contributed by atoms with Crippen LogP contribution in [0.2, 0.25) is 0 Å². The van der Waals surface area contributed by atoms with E-state index in [0.717, 1.165) is 14.4 Å². The van der Waals surface area contributed by atoms with Gasteiger partial charge in [-0.15, -0.1) is 22.7 Å². The average Bonchev–Trinajstić information content (AvgIpc) is 2.75. The molecule has 0 aromatic carbocycles. The van der Waals surface area contributed by atoms with Crippen molar-refractivity contribution in [2.75, 3.05) is 5.32 Å². The molecule has 2 aromatic heterocycles. The quantitative estimate of drug-likeness (QED) is 0.914. The Labute approximate surface area is 110 Å². The Hall–Kier alpha value is -0.720. The molecule has 0 spiro atoms. The van der Waals surface area contributed by atoms with Crippen LogP contribution in [0.25, 0.3) is 0 Å². The van der Waals surface area contributed by atoms with Crippen LogP contribution in [0.4, 0.5) is 5.13 Å². The lowest BCUT2D eigenvalue weighted by Gasteiger charge is -1.97. The van der Waals surface area contributed by atoms with Crippen LogP contribution in [0.3, 0.4) is 0 Å². The number of aryl methyl sites for hydroxylation is 2. The molecule has 1 amide bonds. The maximum absolute atomic E-state index is 11.8. The topological polar surface area (TPSA) is 42.0 Å². The number of nitrogens with zero attached hydrogens (tertiary/aromatic N) is 1. The lowest BCUT2D eigenvalue weighted by atomic mass is 10.3. The number of carbonyl (C=O) groups is 1. The fourth-order valence-electron chi connectivity index (χ4n) is 1.12. The van der Waals surface area contributed by atoms with Gasteiger partial charge in [0.15, 0.2) is 5.13 Å². The predicted octanol–water partition coefficient (Wildman–Crippen LogP) is 3.84. The van der Waals surface area contributed by atoms with Gasteiger partial charge in [0.05, 0.1) is 15.0 Å². The minimum Gasteiger partial charge on any atom is -0.298 e. The predicted molar refractivity (Wildman–Crippen MR) is 71.6 cm³/mol. The molecule has 6 heteroatoms. The fraction of sp³-hybridized carbons (Fsp3) is 0.200. The van der Waals surface area contributed by atoms with Crippen LogP contribution in [-0.2, 0) is 0 Å². The number of thiophene rings is 1. The number of hydrogen-bond donors (Lipinski definition) is 1. The van der Waals surface area contributed by atoms with Gasteiger partial charge < -0.3 is 0 Å². The molecule has 16 heavy (non-hydrogen) atoms. The molecular formula is C10H9BrN2OS2. The van der Waals surface area contributed by atoms with Crippen molar-refractivity contribution in [1.29, 1.82) is 0 Å². The lowest BCUT2D eigenvalue weighted by molar-refractivity contribution is 0.102. The molecule has 0 aliphatic carbocycles. The zero-order valence-electron chi connectivity index (χ0n) is 8.70. The first-order chi connectivity index (χ1) is 7.56. The number of halogens is 1. The van der Waals surface area contributed by atoms with E-state index in [1.165, 1.54) is 22.7 Å². The van der Waals surface area contributed by atoms with Crippen molar-refractivity contribution in [3.63, 3.8) is 0 Å². The zero-order valence-corrected chi connectivity index (χ0v) is 11.9. The number of thiazole rings is 1. The maximum atomic E-state index is 11.8. The van der Waals surface area contributed by atoms with E-state index in [-0.39, 0.29) is 5.91 Å². The summed E-state index contributed by atoms with van der Waals surface area (Å²) in [6.45, 7) is 3.92. The standard InChI is InChI=1S/C10H9BrN2OS2/c1-5-6(2)16-10(12-5)13-9(14)7-3-8(11)15-4-7/h3-4H,1-2H3,(H,12,13,14). The van der Waals surface area contributed by atoms with Gasteiger partial charge in [0, 0.05) is 10.3 Å². The number of aromatic nitrogens is 1. The smallest absolute Gasteiger partial charge is 0.258 e. The number of nitrogens with one attached hydrogen (secondary N) is 1. The first kappa shape index (κ1) is 11.8. The second kappa shape index (κ2) is 4.65. The van der Waals surface area contributed by atoms with E-state index in [2.05, 4.69) is 26.2 Å². The van der Waals surface area contributed by atoms with Crippen LogP contribution in [0.5, 0.6) is 0 Å². The molecule has 2 aromatic rings. The van der Waals surface area contributed by atoms with E-state index in [9.17, 15) is 4.79 Å². The van der Waals surface area contributed by atoms with E-state index in [4.69, 9.17) is 0 Å². The molecule has 0 bridgehead atoms. The van der Waals surface area contributed by atoms with Crippen LogP contribution >= 0.6 is 38.6 Å². The zero-order chi connectivity index (χ0) is 11.7. The van der Waals surface area contributed by atoms with Gasteiger partial charge in [-0.25, -0.2) is 4.98 Å². The summed E-state index contributed by atoms with van der Waals surface area (Å²) in [5.41, 5.74) is 1.62. The Morgan fingerprint density at radius 1 is 1.50 bits per heavy atom. The third kappa shape index (κ3) is 2.50. The Balaban J connectivity index is 2.13. The first-order valence-corrected chi connectivity index (χ1v) is 7.04. The van der Waals surface area contributed by atoms with Gasteiger partial charge in [-0.2, -0.15) is 0 Å². The molecule has 0 radical (unpaired) electrons.